The Morgan fingerprint density at radius 2 is 1.74 bits per heavy atom. The van der Waals surface area contributed by atoms with E-state index in [2.05, 4.69) is 4.90 Å². The van der Waals surface area contributed by atoms with Gasteiger partial charge in [-0.1, -0.05) is 49.1 Å². The summed E-state index contributed by atoms with van der Waals surface area (Å²) >= 11 is 6.78. The van der Waals surface area contributed by atoms with Crippen LogP contribution in [0.15, 0.2) is 65.6 Å². The van der Waals surface area contributed by atoms with Crippen molar-refractivity contribution in [1.29, 1.82) is 0 Å². The van der Waals surface area contributed by atoms with Crippen LogP contribution in [0.5, 0.6) is 0 Å². The molecule has 1 aliphatic carbocycles. The van der Waals surface area contributed by atoms with E-state index in [1.54, 1.807) is 23.5 Å². The third-order valence-electron chi connectivity index (χ3n) is 7.87. The zero-order valence-corrected chi connectivity index (χ0v) is 22.9. The Kier molecular flexibility index (Phi) is 7.58. The first-order valence-corrected chi connectivity index (χ1v) is 14.7. The van der Waals surface area contributed by atoms with Gasteiger partial charge in [0.1, 0.15) is 5.56 Å². The maximum absolute atomic E-state index is 11.8. The number of halogens is 1. The zero-order valence-electron chi connectivity index (χ0n) is 21.4. The van der Waals surface area contributed by atoms with Crippen LogP contribution in [0, 0.1) is 16.0 Å². The number of nitrogens with zero attached hydrogens (tertiary/aromatic N) is 3. The van der Waals surface area contributed by atoms with E-state index in [4.69, 9.17) is 11.6 Å². The Labute approximate surface area is 233 Å². The number of anilines is 2. The van der Waals surface area contributed by atoms with E-state index in [1.165, 1.54) is 18.6 Å². The summed E-state index contributed by atoms with van der Waals surface area (Å²) < 4.78 is 25.2. The fourth-order valence-electron chi connectivity index (χ4n) is 5.79. The molecule has 1 fully saturated rings. The number of hydrogen-bond donors (Lipinski definition) is 3. The number of likely N-dealkylation sites (N-methyl/N-ethyl adjacent to an activating group) is 1. The number of carboxylic acid groups (broad SMARTS) is 1. The number of rotatable bonds is 5. The fourth-order valence-corrected chi connectivity index (χ4v) is 7.71. The van der Waals surface area contributed by atoms with Gasteiger partial charge >= 0.3 is 5.97 Å². The number of para-hydroxylation sites is 1. The van der Waals surface area contributed by atoms with E-state index in [1.807, 2.05) is 30.3 Å². The summed E-state index contributed by atoms with van der Waals surface area (Å²) in [5.41, 5.74) is 1.11. The molecule has 3 N–H and O–H groups in total. The maximum atomic E-state index is 11.8. The minimum Gasteiger partial charge on any atom is -0.477 e. The predicted octanol–water partition coefficient (Wildman–Crippen LogP) is 7.67. The molecule has 1 aliphatic heterocycles. The van der Waals surface area contributed by atoms with Gasteiger partial charge in [0, 0.05) is 37.0 Å². The van der Waals surface area contributed by atoms with Crippen molar-refractivity contribution in [2.24, 2.45) is 5.92 Å². The van der Waals surface area contributed by atoms with Crippen LogP contribution in [0.1, 0.15) is 42.5 Å². The molecule has 1 heterocycles. The predicted molar refractivity (Wildman–Crippen MR) is 153 cm³/mol. The van der Waals surface area contributed by atoms with Gasteiger partial charge in [-0.25, -0.2) is 4.79 Å². The van der Waals surface area contributed by atoms with E-state index >= 15 is 0 Å². The molecule has 1 unspecified atom stereocenters. The smallest absolute Gasteiger partial charge is 0.342 e. The number of nitro groups is 1. The van der Waals surface area contributed by atoms with Crippen molar-refractivity contribution in [3.63, 3.8) is 0 Å². The van der Waals surface area contributed by atoms with Crippen LogP contribution in [-0.4, -0.2) is 49.0 Å². The molecule has 39 heavy (non-hydrogen) atoms. The molecule has 0 amide bonds. The molecule has 3 aromatic carbocycles. The molecule has 11 heteroatoms. The molecule has 0 radical (unpaired) electrons. The summed E-state index contributed by atoms with van der Waals surface area (Å²) in [7, 11) is -1.74. The lowest BCUT2D eigenvalue weighted by Gasteiger charge is -2.46. The summed E-state index contributed by atoms with van der Waals surface area (Å²) in [6.45, 7) is 0.532. The Morgan fingerprint density at radius 1 is 1.05 bits per heavy atom. The number of fused-ring (bicyclic) bond motifs is 1. The summed E-state index contributed by atoms with van der Waals surface area (Å²) in [6.07, 6.45) is 5.41. The zero-order chi connectivity index (χ0) is 27.9. The van der Waals surface area contributed by atoms with E-state index in [0.717, 1.165) is 37.4 Å². The number of aromatic carboxylic acids is 1. The van der Waals surface area contributed by atoms with Crippen molar-refractivity contribution in [1.82, 2.24) is 4.31 Å². The van der Waals surface area contributed by atoms with Crippen LogP contribution in [0.25, 0.3) is 11.1 Å². The molecule has 5 rings (SSSR count). The van der Waals surface area contributed by atoms with E-state index in [-0.39, 0.29) is 21.9 Å². The number of carbonyl (C=O) groups is 1. The molecule has 1 saturated carbocycles. The van der Waals surface area contributed by atoms with Gasteiger partial charge in [0.15, 0.2) is 0 Å². The van der Waals surface area contributed by atoms with Crippen molar-refractivity contribution in [2.45, 2.75) is 43.0 Å². The lowest BCUT2D eigenvalue weighted by Crippen LogP contribution is -2.45. The molecule has 1 atom stereocenters. The first-order valence-electron chi connectivity index (χ1n) is 12.8. The highest BCUT2D eigenvalue weighted by Crippen LogP contribution is 2.60. The molecule has 0 spiro atoms. The van der Waals surface area contributed by atoms with Crippen LogP contribution in [0.4, 0.5) is 17.1 Å². The Hall–Kier alpha value is -3.15. The molecule has 206 valence electrons. The quantitative estimate of drug-likeness (QED) is 0.210. The highest BCUT2D eigenvalue weighted by Gasteiger charge is 2.41. The summed E-state index contributed by atoms with van der Waals surface area (Å²) in [6, 6.07) is 16.6. The second kappa shape index (κ2) is 10.8. The average Bonchev–Trinajstić information content (AvgIpc) is 3.01. The Bertz CT molecular complexity index is 1410. The molecule has 2 aliphatic rings. The van der Waals surface area contributed by atoms with E-state index in [0.29, 0.717) is 23.4 Å². The van der Waals surface area contributed by atoms with Crippen LogP contribution in [0.3, 0.4) is 0 Å². The maximum Gasteiger partial charge on any atom is 0.342 e. The third-order valence-corrected chi connectivity index (χ3v) is 10.2. The molecule has 0 bridgehead atoms. The van der Waals surface area contributed by atoms with Gasteiger partial charge in [-0.3, -0.25) is 19.2 Å². The minimum atomic E-state index is -3.48. The number of benzene rings is 3. The lowest BCUT2D eigenvalue weighted by atomic mass is 9.83. The summed E-state index contributed by atoms with van der Waals surface area (Å²) in [5, 5.41) is 21.2. The monoisotopic (exact) mass is 571 g/mol. The van der Waals surface area contributed by atoms with E-state index in [9.17, 15) is 29.1 Å². The first kappa shape index (κ1) is 27.4. The van der Waals surface area contributed by atoms with Crippen LogP contribution in [-0.2, 0) is 0 Å². The van der Waals surface area contributed by atoms with Crippen molar-refractivity contribution in [3.05, 3.63) is 81.4 Å². The number of carboxylic acids is 1. The Morgan fingerprint density at radius 3 is 2.38 bits per heavy atom. The van der Waals surface area contributed by atoms with Crippen LogP contribution >= 0.6 is 22.4 Å². The standard InChI is InChI=1S/C28H30ClN3O6S/c1-30-26(18-8-4-2-5-9-18)17-31(20-10-6-3-7-11-20)25-16-23(29)21(15-27(25)39(30,37)38)19-12-13-24(32(35)36)22(14-19)28(33)34/h3,6-7,10-16,18,26,37-38H,2,4-5,8-9,17H2,1H3,(H,33,34). The van der Waals surface area contributed by atoms with Gasteiger partial charge in [-0.2, -0.15) is 4.31 Å². The molecular weight excluding hydrogens is 542 g/mol. The van der Waals surface area contributed by atoms with Crippen molar-refractivity contribution < 1.29 is 23.9 Å². The third kappa shape index (κ3) is 5.10. The summed E-state index contributed by atoms with van der Waals surface area (Å²) in [5.74, 6) is -1.15. The average molecular weight is 572 g/mol. The van der Waals surface area contributed by atoms with Crippen LogP contribution in [0.2, 0.25) is 5.02 Å². The normalized spacial score (nSPS) is 20.6. The Balaban J connectivity index is 1.69. The minimum absolute atomic E-state index is 0.136. The van der Waals surface area contributed by atoms with Gasteiger partial charge in [0.2, 0.25) is 0 Å². The number of nitro benzene ring substituents is 1. The highest BCUT2D eigenvalue weighted by atomic mass is 35.5. The van der Waals surface area contributed by atoms with E-state index < -0.39 is 32.9 Å². The first-order chi connectivity index (χ1) is 18.6. The fraction of sp³-hybridized carbons (Fsp3) is 0.321. The van der Waals surface area contributed by atoms with Crippen molar-refractivity contribution in [2.75, 3.05) is 18.5 Å². The molecule has 9 nitrogen and oxygen atoms in total. The van der Waals surface area contributed by atoms with Gasteiger partial charge in [0.25, 0.3) is 5.69 Å². The van der Waals surface area contributed by atoms with Gasteiger partial charge in [-0.05, 0) is 60.7 Å². The van der Waals surface area contributed by atoms with Gasteiger partial charge in [0.05, 0.1) is 20.5 Å². The molecule has 0 aromatic heterocycles. The largest absolute Gasteiger partial charge is 0.477 e. The summed E-state index contributed by atoms with van der Waals surface area (Å²) in [4.78, 5) is 24.7. The van der Waals surface area contributed by atoms with Gasteiger partial charge < -0.3 is 10.0 Å². The second-order valence-electron chi connectivity index (χ2n) is 10.1. The molecular formula is C28H30ClN3O6S. The SMILES string of the molecule is CN1C(C2CCCCC2)CN(c2ccccc2)c2cc(Cl)c(-c3ccc([N+](=O)[O-])c(C(=O)O)c3)cc2S1(O)O. The second-order valence-corrected chi connectivity index (χ2v) is 12.5. The topological polar surface area (TPSA) is 127 Å². The van der Waals surface area contributed by atoms with Crippen molar-refractivity contribution >= 4 is 45.4 Å². The van der Waals surface area contributed by atoms with Crippen LogP contribution < -0.4 is 4.90 Å². The van der Waals surface area contributed by atoms with Crippen molar-refractivity contribution in [3.8, 4) is 11.1 Å². The number of hydrogen-bond acceptors (Lipinski definition) is 7. The van der Waals surface area contributed by atoms with Gasteiger partial charge in [-0.15, -0.1) is 10.8 Å². The molecule has 0 saturated heterocycles. The highest BCUT2D eigenvalue weighted by molar-refractivity contribution is 8.22. The lowest BCUT2D eigenvalue weighted by molar-refractivity contribution is -0.385. The molecule has 3 aromatic rings.